The molecular formula is C10H11Cl2NO. The molecule has 0 saturated carbocycles. The van der Waals surface area contributed by atoms with E-state index in [1.165, 1.54) is 0 Å². The molecule has 0 radical (unpaired) electrons. The van der Waals surface area contributed by atoms with Gasteiger partial charge in [-0.15, -0.1) is 0 Å². The fourth-order valence-corrected chi connectivity index (χ4v) is 1.56. The van der Waals surface area contributed by atoms with Gasteiger partial charge in [-0.2, -0.15) is 0 Å². The van der Waals surface area contributed by atoms with E-state index < -0.39 is 0 Å². The average Bonchev–Trinajstić information content (AvgIpc) is 2.09. The van der Waals surface area contributed by atoms with Crippen LogP contribution in [0.1, 0.15) is 6.92 Å². The van der Waals surface area contributed by atoms with Gasteiger partial charge < -0.3 is 10.5 Å². The summed E-state index contributed by atoms with van der Waals surface area (Å²) < 4.78 is 5.36. The van der Waals surface area contributed by atoms with Crippen molar-refractivity contribution in [3.05, 3.63) is 34.3 Å². The van der Waals surface area contributed by atoms with E-state index in [1.54, 1.807) is 12.1 Å². The maximum atomic E-state index is 5.90. The topological polar surface area (TPSA) is 35.2 Å². The van der Waals surface area contributed by atoms with Gasteiger partial charge in [0.05, 0.1) is 10.0 Å². The van der Waals surface area contributed by atoms with Crippen LogP contribution in [-0.4, -0.2) is 6.61 Å². The molecule has 1 aromatic carbocycles. The monoisotopic (exact) mass is 231 g/mol. The molecule has 76 valence electrons. The van der Waals surface area contributed by atoms with Crippen molar-refractivity contribution in [2.45, 2.75) is 6.92 Å². The second kappa shape index (κ2) is 5.13. The van der Waals surface area contributed by atoms with E-state index in [-0.39, 0.29) is 0 Å². The molecule has 0 bridgehead atoms. The zero-order chi connectivity index (χ0) is 10.6. The molecule has 0 amide bonds. The molecule has 0 aliphatic rings. The summed E-state index contributed by atoms with van der Waals surface area (Å²) >= 11 is 11.8. The Kier molecular flexibility index (Phi) is 4.11. The molecule has 0 heterocycles. The summed E-state index contributed by atoms with van der Waals surface area (Å²) in [5, 5.41) is 0.860. The van der Waals surface area contributed by atoms with Gasteiger partial charge in [0.2, 0.25) is 0 Å². The van der Waals surface area contributed by atoms with Gasteiger partial charge in [0, 0.05) is 5.69 Å². The first-order valence-electron chi connectivity index (χ1n) is 4.13. The molecule has 0 saturated heterocycles. The molecular weight excluding hydrogens is 221 g/mol. The van der Waals surface area contributed by atoms with Crippen molar-refractivity contribution in [1.82, 2.24) is 0 Å². The molecule has 2 N–H and O–H groups in total. The molecule has 0 fully saturated rings. The number of nitrogen functional groups attached to an aromatic ring is 1. The van der Waals surface area contributed by atoms with Crippen molar-refractivity contribution in [3.8, 4) is 5.75 Å². The molecule has 1 rings (SSSR count). The summed E-state index contributed by atoms with van der Waals surface area (Å²) in [6.45, 7) is 2.36. The lowest BCUT2D eigenvalue weighted by atomic mass is 10.3. The normalized spacial score (nSPS) is 10.8. The molecule has 0 aliphatic heterocycles. The van der Waals surface area contributed by atoms with Crippen LogP contribution >= 0.6 is 23.2 Å². The molecule has 2 nitrogen and oxygen atoms in total. The van der Waals surface area contributed by atoms with Gasteiger partial charge in [-0.05, 0) is 19.1 Å². The summed E-state index contributed by atoms with van der Waals surface area (Å²) in [6, 6.07) is 3.22. The molecule has 0 aliphatic carbocycles. The number of hydrogen-bond donors (Lipinski definition) is 1. The number of rotatable bonds is 3. The Morgan fingerprint density at radius 3 is 2.43 bits per heavy atom. The van der Waals surface area contributed by atoms with Crippen LogP contribution in [0.2, 0.25) is 10.0 Å². The largest absolute Gasteiger partial charge is 0.486 e. The number of halogens is 2. The van der Waals surface area contributed by atoms with E-state index >= 15 is 0 Å². The Morgan fingerprint density at radius 1 is 1.36 bits per heavy atom. The zero-order valence-corrected chi connectivity index (χ0v) is 9.27. The maximum Gasteiger partial charge on any atom is 0.157 e. The van der Waals surface area contributed by atoms with Gasteiger partial charge in [-0.3, -0.25) is 0 Å². The highest BCUT2D eigenvalue weighted by atomic mass is 35.5. The van der Waals surface area contributed by atoms with Crippen LogP contribution in [-0.2, 0) is 0 Å². The highest BCUT2D eigenvalue weighted by Gasteiger charge is 2.07. The third kappa shape index (κ3) is 2.82. The first-order chi connectivity index (χ1) is 6.65. The third-order valence-corrected chi connectivity index (χ3v) is 2.14. The van der Waals surface area contributed by atoms with Crippen LogP contribution in [0, 0.1) is 0 Å². The Labute approximate surface area is 93.3 Å². The first kappa shape index (κ1) is 11.2. The standard InChI is InChI=1S/C10H11Cl2NO/c1-2-3-4-14-10-8(11)5-7(13)6-9(10)12/h2-3,5-6H,4,13H2,1H3. The Balaban J connectivity index is 2.85. The molecule has 0 atom stereocenters. The molecule has 14 heavy (non-hydrogen) atoms. The van der Waals surface area contributed by atoms with Crippen LogP contribution in [0.15, 0.2) is 24.3 Å². The smallest absolute Gasteiger partial charge is 0.157 e. The molecule has 1 aromatic rings. The Hall–Kier alpha value is -0.860. The van der Waals surface area contributed by atoms with Crippen LogP contribution in [0.25, 0.3) is 0 Å². The molecule has 0 unspecified atom stereocenters. The SMILES string of the molecule is CC=CCOc1c(Cl)cc(N)cc1Cl. The number of ether oxygens (including phenoxy) is 1. The number of allylic oxidation sites excluding steroid dienone is 1. The van der Waals surface area contributed by atoms with Crippen molar-refractivity contribution >= 4 is 28.9 Å². The predicted octanol–water partition coefficient (Wildman–Crippen LogP) is 3.53. The van der Waals surface area contributed by atoms with Gasteiger partial charge in [0.15, 0.2) is 5.75 Å². The highest BCUT2D eigenvalue weighted by Crippen LogP contribution is 2.34. The predicted molar refractivity (Wildman–Crippen MR) is 61.2 cm³/mol. The van der Waals surface area contributed by atoms with Crippen molar-refractivity contribution in [3.63, 3.8) is 0 Å². The summed E-state index contributed by atoms with van der Waals surface area (Å²) in [5.41, 5.74) is 6.07. The minimum absolute atomic E-state index is 0.430. The van der Waals surface area contributed by atoms with Crippen molar-refractivity contribution in [2.75, 3.05) is 12.3 Å². The Bertz CT molecular complexity index is 327. The fraction of sp³-hybridized carbons (Fsp3) is 0.200. The van der Waals surface area contributed by atoms with Crippen molar-refractivity contribution in [2.24, 2.45) is 0 Å². The maximum absolute atomic E-state index is 5.90. The minimum atomic E-state index is 0.430. The third-order valence-electron chi connectivity index (χ3n) is 1.58. The van der Waals surface area contributed by atoms with E-state index in [0.29, 0.717) is 28.1 Å². The quantitative estimate of drug-likeness (QED) is 0.639. The van der Waals surface area contributed by atoms with E-state index in [0.717, 1.165) is 0 Å². The van der Waals surface area contributed by atoms with Crippen LogP contribution in [0.4, 0.5) is 5.69 Å². The lowest BCUT2D eigenvalue weighted by molar-refractivity contribution is 0.363. The molecule has 4 heteroatoms. The second-order valence-electron chi connectivity index (χ2n) is 2.69. The van der Waals surface area contributed by atoms with Gasteiger partial charge in [-0.25, -0.2) is 0 Å². The summed E-state index contributed by atoms with van der Waals surface area (Å²) in [7, 11) is 0. The number of nitrogens with two attached hydrogens (primary N) is 1. The van der Waals surface area contributed by atoms with E-state index in [2.05, 4.69) is 0 Å². The molecule has 0 aromatic heterocycles. The van der Waals surface area contributed by atoms with Crippen LogP contribution < -0.4 is 10.5 Å². The fourth-order valence-electron chi connectivity index (χ4n) is 0.945. The highest BCUT2D eigenvalue weighted by molar-refractivity contribution is 6.37. The van der Waals surface area contributed by atoms with Crippen LogP contribution in [0.3, 0.4) is 0 Å². The summed E-state index contributed by atoms with van der Waals surface area (Å²) in [5.74, 6) is 0.473. The van der Waals surface area contributed by atoms with E-state index in [1.807, 2.05) is 19.1 Å². The van der Waals surface area contributed by atoms with Gasteiger partial charge in [0.1, 0.15) is 6.61 Å². The molecule has 0 spiro atoms. The van der Waals surface area contributed by atoms with Gasteiger partial charge in [-0.1, -0.05) is 35.4 Å². The van der Waals surface area contributed by atoms with E-state index in [4.69, 9.17) is 33.7 Å². The number of hydrogen-bond acceptors (Lipinski definition) is 2. The van der Waals surface area contributed by atoms with Crippen molar-refractivity contribution < 1.29 is 4.74 Å². The number of benzene rings is 1. The Morgan fingerprint density at radius 2 is 1.93 bits per heavy atom. The van der Waals surface area contributed by atoms with E-state index in [9.17, 15) is 0 Å². The van der Waals surface area contributed by atoms with Gasteiger partial charge in [0.25, 0.3) is 0 Å². The summed E-state index contributed by atoms with van der Waals surface area (Å²) in [6.07, 6.45) is 3.75. The minimum Gasteiger partial charge on any atom is -0.486 e. The number of anilines is 1. The average molecular weight is 232 g/mol. The van der Waals surface area contributed by atoms with Gasteiger partial charge >= 0.3 is 0 Å². The lowest BCUT2D eigenvalue weighted by Gasteiger charge is -2.08. The first-order valence-corrected chi connectivity index (χ1v) is 4.89. The zero-order valence-electron chi connectivity index (χ0n) is 7.76. The second-order valence-corrected chi connectivity index (χ2v) is 3.51. The summed E-state index contributed by atoms with van der Waals surface area (Å²) in [4.78, 5) is 0. The lowest BCUT2D eigenvalue weighted by Crippen LogP contribution is -1.96. The van der Waals surface area contributed by atoms with Crippen LogP contribution in [0.5, 0.6) is 5.75 Å². The van der Waals surface area contributed by atoms with Crippen molar-refractivity contribution in [1.29, 1.82) is 0 Å².